The van der Waals surface area contributed by atoms with E-state index in [-0.39, 0.29) is 18.2 Å². The fraction of sp³-hybridized carbons (Fsp3) is 0.222. The summed E-state index contributed by atoms with van der Waals surface area (Å²) in [6.07, 6.45) is 1.75. The van der Waals surface area contributed by atoms with E-state index in [0.717, 1.165) is 28.1 Å². The third-order valence-corrected chi connectivity index (χ3v) is 5.79. The first kappa shape index (κ1) is 22.3. The molecule has 1 aliphatic heterocycles. The monoisotopic (exact) mass is 441 g/mol. The molecule has 3 aromatic carbocycles. The van der Waals surface area contributed by atoms with Gasteiger partial charge in [0, 0.05) is 18.7 Å². The summed E-state index contributed by atoms with van der Waals surface area (Å²) >= 11 is 0. The van der Waals surface area contributed by atoms with Gasteiger partial charge in [0.1, 0.15) is 12.4 Å². The first-order valence-electron chi connectivity index (χ1n) is 11.0. The van der Waals surface area contributed by atoms with Crippen molar-refractivity contribution in [3.63, 3.8) is 0 Å². The van der Waals surface area contributed by atoms with Gasteiger partial charge in [-0.25, -0.2) is 5.43 Å². The molecule has 33 heavy (non-hydrogen) atoms. The molecule has 1 fully saturated rings. The Kier molecular flexibility index (Phi) is 6.83. The van der Waals surface area contributed by atoms with Gasteiger partial charge in [0.2, 0.25) is 11.8 Å². The highest BCUT2D eigenvalue weighted by Gasteiger charge is 2.35. The van der Waals surface area contributed by atoms with Gasteiger partial charge in [-0.05, 0) is 60.4 Å². The molecule has 0 aromatic heterocycles. The normalized spacial score (nSPS) is 15.8. The Bertz CT molecular complexity index is 1170. The van der Waals surface area contributed by atoms with Gasteiger partial charge in [-0.1, -0.05) is 48.5 Å². The topological polar surface area (TPSA) is 71.0 Å². The predicted molar refractivity (Wildman–Crippen MR) is 129 cm³/mol. The van der Waals surface area contributed by atoms with Crippen molar-refractivity contribution in [3.8, 4) is 5.75 Å². The second-order valence-corrected chi connectivity index (χ2v) is 8.25. The quantitative estimate of drug-likeness (QED) is 0.437. The van der Waals surface area contributed by atoms with Crippen molar-refractivity contribution < 1.29 is 14.3 Å². The number of carbonyl (C=O) groups is 2. The van der Waals surface area contributed by atoms with Crippen molar-refractivity contribution in [1.82, 2.24) is 5.43 Å². The fourth-order valence-electron chi connectivity index (χ4n) is 3.71. The molecule has 1 atom stereocenters. The Morgan fingerprint density at radius 2 is 1.88 bits per heavy atom. The molecule has 1 N–H and O–H groups in total. The van der Waals surface area contributed by atoms with Crippen LogP contribution in [0, 0.1) is 19.8 Å². The standard InChI is InChI=1S/C27H27N3O3/c1-19-11-12-24(13-20(19)2)30-17-23(15-26(30)31)27(32)29-28-16-22-9-6-10-25(14-22)33-18-21-7-4-3-5-8-21/h3-14,16,23H,15,17-18H2,1-2H3,(H,29,32)/b28-16-/t23-/m1/s1. The van der Waals surface area contributed by atoms with Crippen molar-refractivity contribution in [3.05, 3.63) is 95.1 Å². The number of anilines is 1. The molecule has 0 saturated carbocycles. The lowest BCUT2D eigenvalue weighted by molar-refractivity contribution is -0.126. The molecule has 6 heteroatoms. The number of nitrogens with zero attached hydrogens (tertiary/aromatic N) is 2. The number of carbonyl (C=O) groups excluding carboxylic acids is 2. The summed E-state index contributed by atoms with van der Waals surface area (Å²) in [6, 6.07) is 23.3. The number of hydrazone groups is 1. The van der Waals surface area contributed by atoms with Crippen LogP contribution in [-0.4, -0.2) is 24.6 Å². The van der Waals surface area contributed by atoms with E-state index in [2.05, 4.69) is 10.5 Å². The lowest BCUT2D eigenvalue weighted by atomic mass is 10.1. The van der Waals surface area contributed by atoms with Crippen molar-refractivity contribution in [1.29, 1.82) is 0 Å². The summed E-state index contributed by atoms with van der Waals surface area (Å²) in [5, 5.41) is 4.08. The second-order valence-electron chi connectivity index (χ2n) is 8.25. The molecule has 0 unspecified atom stereocenters. The molecular formula is C27H27N3O3. The summed E-state index contributed by atoms with van der Waals surface area (Å²) < 4.78 is 5.83. The average Bonchev–Trinajstić information content (AvgIpc) is 3.22. The Morgan fingerprint density at radius 3 is 2.67 bits per heavy atom. The maximum atomic E-state index is 12.6. The van der Waals surface area contributed by atoms with Gasteiger partial charge in [-0.3, -0.25) is 9.59 Å². The van der Waals surface area contributed by atoms with Gasteiger partial charge in [0.25, 0.3) is 0 Å². The molecule has 6 nitrogen and oxygen atoms in total. The van der Waals surface area contributed by atoms with Crippen LogP contribution in [-0.2, 0) is 16.2 Å². The Balaban J connectivity index is 1.31. The highest BCUT2D eigenvalue weighted by molar-refractivity contribution is 6.00. The Labute approximate surface area is 193 Å². The fourth-order valence-corrected chi connectivity index (χ4v) is 3.71. The maximum Gasteiger partial charge on any atom is 0.245 e. The number of aryl methyl sites for hydroxylation is 2. The van der Waals surface area contributed by atoms with E-state index in [1.807, 2.05) is 86.6 Å². The number of hydrogen-bond acceptors (Lipinski definition) is 4. The molecule has 4 rings (SSSR count). The number of ether oxygens (including phenoxy) is 1. The lowest BCUT2D eigenvalue weighted by Crippen LogP contribution is -2.30. The molecule has 3 aromatic rings. The first-order valence-corrected chi connectivity index (χ1v) is 11.0. The van der Waals surface area contributed by atoms with Crippen molar-refractivity contribution in [2.24, 2.45) is 11.0 Å². The molecule has 0 radical (unpaired) electrons. The van der Waals surface area contributed by atoms with Gasteiger partial charge in [0.15, 0.2) is 0 Å². The molecule has 0 bridgehead atoms. The largest absolute Gasteiger partial charge is 0.489 e. The molecule has 168 valence electrons. The summed E-state index contributed by atoms with van der Waals surface area (Å²) in [6.45, 7) is 4.88. The Hall–Kier alpha value is -3.93. The van der Waals surface area contributed by atoms with Crippen LogP contribution in [0.2, 0.25) is 0 Å². The predicted octanol–water partition coefficient (Wildman–Crippen LogP) is 4.39. The number of benzene rings is 3. The van der Waals surface area contributed by atoms with Crippen LogP contribution >= 0.6 is 0 Å². The van der Waals surface area contributed by atoms with Crippen molar-refractivity contribution in [2.75, 3.05) is 11.4 Å². The summed E-state index contributed by atoms with van der Waals surface area (Å²) in [7, 11) is 0. The molecule has 0 aliphatic carbocycles. The highest BCUT2D eigenvalue weighted by atomic mass is 16.5. The summed E-state index contributed by atoms with van der Waals surface area (Å²) in [5.41, 5.74) is 7.58. The van der Waals surface area contributed by atoms with Crippen LogP contribution in [0.5, 0.6) is 5.75 Å². The molecule has 2 amide bonds. The van der Waals surface area contributed by atoms with Crippen molar-refractivity contribution >= 4 is 23.7 Å². The van der Waals surface area contributed by atoms with E-state index >= 15 is 0 Å². The van der Waals surface area contributed by atoms with Crippen LogP contribution < -0.4 is 15.1 Å². The van der Waals surface area contributed by atoms with Gasteiger partial charge in [0.05, 0.1) is 12.1 Å². The number of amides is 2. The van der Waals surface area contributed by atoms with Crippen LogP contribution in [0.15, 0.2) is 77.9 Å². The van der Waals surface area contributed by atoms with Crippen LogP contribution in [0.3, 0.4) is 0 Å². The van der Waals surface area contributed by atoms with Crippen molar-refractivity contribution in [2.45, 2.75) is 26.9 Å². The second kappa shape index (κ2) is 10.1. The molecular weight excluding hydrogens is 414 g/mol. The number of nitrogens with one attached hydrogen (secondary N) is 1. The van der Waals surface area contributed by atoms with Gasteiger partial charge in [-0.15, -0.1) is 0 Å². The van der Waals surface area contributed by atoms with Crippen LogP contribution in [0.4, 0.5) is 5.69 Å². The van der Waals surface area contributed by atoms with Crippen LogP contribution in [0.1, 0.15) is 28.7 Å². The lowest BCUT2D eigenvalue weighted by Gasteiger charge is -2.17. The summed E-state index contributed by atoms with van der Waals surface area (Å²) in [5.74, 6) is -0.0237. The van der Waals surface area contributed by atoms with Crippen LogP contribution in [0.25, 0.3) is 0 Å². The minimum atomic E-state index is -0.434. The minimum Gasteiger partial charge on any atom is -0.489 e. The zero-order valence-electron chi connectivity index (χ0n) is 18.8. The molecule has 0 spiro atoms. The Morgan fingerprint density at radius 1 is 1.06 bits per heavy atom. The third-order valence-electron chi connectivity index (χ3n) is 5.79. The van der Waals surface area contributed by atoms with Gasteiger partial charge >= 0.3 is 0 Å². The van der Waals surface area contributed by atoms with Gasteiger partial charge in [-0.2, -0.15) is 5.10 Å². The van der Waals surface area contributed by atoms with E-state index < -0.39 is 5.92 Å². The van der Waals surface area contributed by atoms with Gasteiger partial charge < -0.3 is 9.64 Å². The SMILES string of the molecule is Cc1ccc(N2C[C@H](C(=O)N/N=C\c3cccc(OCc4ccccc4)c3)CC2=O)cc1C. The third kappa shape index (κ3) is 5.66. The van der Waals surface area contributed by atoms with E-state index in [0.29, 0.717) is 13.2 Å². The summed E-state index contributed by atoms with van der Waals surface area (Å²) in [4.78, 5) is 26.7. The number of rotatable bonds is 7. The molecule has 1 aliphatic rings. The number of hydrogen-bond donors (Lipinski definition) is 1. The average molecular weight is 442 g/mol. The molecule has 1 saturated heterocycles. The maximum absolute atomic E-state index is 12.6. The first-order chi connectivity index (χ1) is 16.0. The van der Waals surface area contributed by atoms with E-state index in [9.17, 15) is 9.59 Å². The van der Waals surface area contributed by atoms with E-state index in [1.165, 1.54) is 5.56 Å². The minimum absolute atomic E-state index is 0.0503. The smallest absolute Gasteiger partial charge is 0.245 e. The zero-order valence-corrected chi connectivity index (χ0v) is 18.8. The van der Waals surface area contributed by atoms with E-state index in [1.54, 1.807) is 11.1 Å². The van der Waals surface area contributed by atoms with E-state index in [4.69, 9.17) is 4.74 Å². The highest BCUT2D eigenvalue weighted by Crippen LogP contribution is 2.27. The molecule has 1 heterocycles. The zero-order chi connectivity index (χ0) is 23.2.